The van der Waals surface area contributed by atoms with E-state index in [2.05, 4.69) is 20.2 Å². The molecule has 1 amide bonds. The lowest BCUT2D eigenvalue weighted by molar-refractivity contribution is 0.102. The number of carbonyl (C=O) groups is 1. The first-order chi connectivity index (χ1) is 14.9. The molecule has 160 valence electrons. The van der Waals surface area contributed by atoms with E-state index in [4.69, 9.17) is 16.3 Å². The molecule has 8 heteroatoms. The maximum Gasteiger partial charge on any atom is 0.272 e. The molecule has 0 atom stereocenters. The van der Waals surface area contributed by atoms with Crippen molar-refractivity contribution in [3.63, 3.8) is 0 Å². The molecule has 0 bridgehead atoms. The van der Waals surface area contributed by atoms with Gasteiger partial charge in [0.2, 0.25) is 0 Å². The predicted molar refractivity (Wildman–Crippen MR) is 126 cm³/mol. The average Bonchev–Trinajstić information content (AvgIpc) is 3.27. The van der Waals surface area contributed by atoms with Gasteiger partial charge in [0, 0.05) is 18.7 Å². The number of ether oxygens (including phenoxy) is 1. The topological polar surface area (TPSA) is 70.2 Å². The zero-order valence-corrected chi connectivity index (χ0v) is 19.1. The van der Waals surface area contributed by atoms with Crippen molar-refractivity contribution >= 4 is 44.9 Å². The Balaban J connectivity index is 1.59. The Hall–Kier alpha value is -2.87. The lowest BCUT2D eigenvalue weighted by Crippen LogP contribution is -2.20. The summed E-state index contributed by atoms with van der Waals surface area (Å²) in [5.41, 5.74) is 3.92. The van der Waals surface area contributed by atoms with Crippen LogP contribution in [0.1, 0.15) is 26.6 Å². The Morgan fingerprint density at radius 2 is 1.94 bits per heavy atom. The third-order valence-electron chi connectivity index (χ3n) is 4.94. The van der Waals surface area contributed by atoms with Gasteiger partial charge in [-0.3, -0.25) is 9.69 Å². The maximum atomic E-state index is 13.1. The van der Waals surface area contributed by atoms with E-state index < -0.39 is 0 Å². The number of amides is 1. The molecule has 2 heterocycles. The minimum atomic E-state index is -0.233. The number of nitrogens with one attached hydrogen (secondary N) is 2. The molecular formula is C23H23ClN4O2S. The Kier molecular flexibility index (Phi) is 6.27. The van der Waals surface area contributed by atoms with Crippen LogP contribution in [-0.2, 0) is 13.1 Å². The molecule has 0 aliphatic heterocycles. The van der Waals surface area contributed by atoms with Crippen molar-refractivity contribution in [1.82, 2.24) is 14.9 Å². The quantitative estimate of drug-likeness (QED) is 0.388. The van der Waals surface area contributed by atoms with Crippen LogP contribution in [0.3, 0.4) is 0 Å². The number of aromatic nitrogens is 2. The number of aryl methyl sites for hydroxylation is 1. The lowest BCUT2D eigenvalue weighted by atomic mass is 10.1. The van der Waals surface area contributed by atoms with Crippen molar-refractivity contribution in [1.29, 1.82) is 0 Å². The first-order valence-electron chi connectivity index (χ1n) is 9.80. The number of hydrogen-bond acceptors (Lipinski definition) is 5. The van der Waals surface area contributed by atoms with Gasteiger partial charge in [-0.25, -0.2) is 4.98 Å². The first kappa shape index (κ1) is 21.4. The van der Waals surface area contributed by atoms with Crippen molar-refractivity contribution in [3.8, 4) is 5.75 Å². The number of anilines is 1. The smallest absolute Gasteiger partial charge is 0.272 e. The van der Waals surface area contributed by atoms with Gasteiger partial charge in [-0.15, -0.1) is 11.3 Å². The molecule has 0 radical (unpaired) electrons. The number of para-hydroxylation sites is 1. The monoisotopic (exact) mass is 454 g/mol. The zero-order valence-electron chi connectivity index (χ0n) is 17.5. The number of hydrogen-bond donors (Lipinski definition) is 2. The summed E-state index contributed by atoms with van der Waals surface area (Å²) in [4.78, 5) is 23.0. The lowest BCUT2D eigenvalue weighted by Gasteiger charge is -2.17. The second-order valence-corrected chi connectivity index (χ2v) is 8.95. The molecule has 2 aromatic carbocycles. The van der Waals surface area contributed by atoms with E-state index >= 15 is 0 Å². The molecule has 2 aromatic heterocycles. The molecule has 31 heavy (non-hydrogen) atoms. The fraction of sp³-hybridized carbons (Fsp3) is 0.217. The number of thiazole rings is 1. The van der Waals surface area contributed by atoms with Gasteiger partial charge in [0.15, 0.2) is 0 Å². The molecule has 0 aliphatic carbocycles. The van der Waals surface area contributed by atoms with Crippen LogP contribution in [0.5, 0.6) is 5.75 Å². The molecular weight excluding hydrogens is 432 g/mol. The van der Waals surface area contributed by atoms with Crippen LogP contribution in [0.15, 0.2) is 48.5 Å². The Morgan fingerprint density at radius 1 is 1.19 bits per heavy atom. The molecule has 0 fully saturated rings. The number of methoxy groups -OCH3 is 1. The predicted octanol–water partition coefficient (Wildman–Crippen LogP) is 5.48. The fourth-order valence-corrected chi connectivity index (χ4v) is 4.58. The molecule has 4 rings (SSSR count). The Bertz CT molecular complexity index is 1220. The van der Waals surface area contributed by atoms with Gasteiger partial charge in [-0.05, 0) is 43.8 Å². The van der Waals surface area contributed by atoms with Crippen LogP contribution in [0.4, 0.5) is 5.69 Å². The minimum absolute atomic E-state index is 0.233. The van der Waals surface area contributed by atoms with Crippen molar-refractivity contribution in [2.24, 2.45) is 0 Å². The summed E-state index contributed by atoms with van der Waals surface area (Å²) < 4.78 is 6.24. The molecule has 0 aliphatic rings. The second kappa shape index (κ2) is 9.09. The van der Waals surface area contributed by atoms with E-state index in [0.717, 1.165) is 38.8 Å². The summed E-state index contributed by atoms with van der Waals surface area (Å²) in [5.74, 6) is 0.598. The molecule has 0 saturated carbocycles. The summed E-state index contributed by atoms with van der Waals surface area (Å²) in [7, 11) is 3.69. The van der Waals surface area contributed by atoms with Crippen LogP contribution < -0.4 is 10.1 Å². The van der Waals surface area contributed by atoms with Gasteiger partial charge in [-0.1, -0.05) is 35.9 Å². The summed E-state index contributed by atoms with van der Waals surface area (Å²) in [6, 6.07) is 15.2. The van der Waals surface area contributed by atoms with Gasteiger partial charge in [0.25, 0.3) is 5.91 Å². The van der Waals surface area contributed by atoms with Crippen LogP contribution in [0.2, 0.25) is 5.02 Å². The molecule has 4 aromatic rings. The maximum absolute atomic E-state index is 13.1. The van der Waals surface area contributed by atoms with E-state index in [0.29, 0.717) is 22.9 Å². The zero-order chi connectivity index (χ0) is 22.0. The van der Waals surface area contributed by atoms with Crippen molar-refractivity contribution in [2.45, 2.75) is 20.0 Å². The van der Waals surface area contributed by atoms with E-state index in [1.807, 2.05) is 50.4 Å². The molecule has 2 N–H and O–H groups in total. The average molecular weight is 455 g/mol. The minimum Gasteiger partial charge on any atom is -0.497 e. The number of H-pyrrole nitrogens is 1. The van der Waals surface area contributed by atoms with Crippen LogP contribution in [-0.4, -0.2) is 34.9 Å². The van der Waals surface area contributed by atoms with Crippen LogP contribution in [0.25, 0.3) is 10.3 Å². The highest BCUT2D eigenvalue weighted by molar-refractivity contribution is 7.18. The van der Waals surface area contributed by atoms with E-state index in [-0.39, 0.29) is 5.91 Å². The number of carbonyl (C=O) groups excluding carboxylic acids is 1. The Labute approximate surface area is 189 Å². The van der Waals surface area contributed by atoms with Crippen molar-refractivity contribution in [2.75, 3.05) is 19.5 Å². The molecule has 0 saturated heterocycles. The molecule has 6 nitrogen and oxygen atoms in total. The van der Waals surface area contributed by atoms with Gasteiger partial charge in [-0.2, -0.15) is 0 Å². The summed E-state index contributed by atoms with van der Waals surface area (Å²) in [6.45, 7) is 3.30. The third kappa shape index (κ3) is 4.74. The second-order valence-electron chi connectivity index (χ2n) is 7.34. The molecule has 0 spiro atoms. The first-order valence-corrected chi connectivity index (χ1v) is 11.0. The molecule has 0 unspecified atom stereocenters. The Morgan fingerprint density at radius 3 is 2.65 bits per heavy atom. The van der Waals surface area contributed by atoms with Gasteiger partial charge >= 0.3 is 0 Å². The van der Waals surface area contributed by atoms with Gasteiger partial charge in [0.05, 0.1) is 27.5 Å². The number of nitrogens with zero attached hydrogens (tertiary/aromatic N) is 2. The summed E-state index contributed by atoms with van der Waals surface area (Å²) in [5, 5.41) is 4.36. The number of aromatic amines is 1. The highest BCUT2D eigenvalue weighted by Crippen LogP contribution is 2.30. The largest absolute Gasteiger partial charge is 0.497 e. The number of halogens is 1. The van der Waals surface area contributed by atoms with Crippen LogP contribution >= 0.6 is 22.9 Å². The van der Waals surface area contributed by atoms with Crippen LogP contribution in [0, 0.1) is 6.92 Å². The number of benzene rings is 2. The van der Waals surface area contributed by atoms with Gasteiger partial charge < -0.3 is 15.0 Å². The third-order valence-corrected chi connectivity index (χ3v) is 6.30. The van der Waals surface area contributed by atoms with Crippen molar-refractivity contribution < 1.29 is 9.53 Å². The number of rotatable bonds is 7. The standard InChI is InChI=1S/C23H23ClN4O2S/c1-14-25-22-21(31-14)17(13-28(2)12-15-8-10-16(30-3)11-9-15)20(27-22)23(29)26-19-7-5-4-6-18(19)24/h4-11,27H,12-13H2,1-3H3,(H,26,29). The van der Waals surface area contributed by atoms with E-state index in [1.165, 1.54) is 0 Å². The number of fused-ring (bicyclic) bond motifs is 1. The highest BCUT2D eigenvalue weighted by atomic mass is 35.5. The normalized spacial score (nSPS) is 11.3. The van der Waals surface area contributed by atoms with Gasteiger partial charge in [0.1, 0.15) is 17.1 Å². The highest BCUT2D eigenvalue weighted by Gasteiger charge is 2.22. The fourth-order valence-electron chi connectivity index (χ4n) is 3.48. The summed E-state index contributed by atoms with van der Waals surface area (Å²) in [6.07, 6.45) is 0. The summed E-state index contributed by atoms with van der Waals surface area (Å²) >= 11 is 7.81. The van der Waals surface area contributed by atoms with Crippen molar-refractivity contribution in [3.05, 3.63) is 75.4 Å². The van der Waals surface area contributed by atoms with E-state index in [1.54, 1.807) is 30.6 Å². The SMILES string of the molecule is COc1ccc(CN(C)Cc2c(C(=O)Nc3ccccc3Cl)[nH]c3nc(C)sc23)cc1. The van der Waals surface area contributed by atoms with E-state index in [9.17, 15) is 4.79 Å².